The largest absolute Gasteiger partial charge is 0.398 e. The summed E-state index contributed by atoms with van der Waals surface area (Å²) in [4.78, 5) is 2.68. The minimum absolute atomic E-state index is 0.757. The molecule has 2 aliphatic rings. The summed E-state index contributed by atoms with van der Waals surface area (Å²) in [5.41, 5.74) is 9.95. The highest BCUT2D eigenvalue weighted by atomic mass is 15.2. The monoisotopic (exact) mass is 258 g/mol. The van der Waals surface area contributed by atoms with Crippen LogP contribution in [0.4, 0.5) is 5.69 Å². The predicted octanol–water partition coefficient (Wildman–Crippen LogP) is 3.94. The van der Waals surface area contributed by atoms with Crippen molar-refractivity contribution in [3.63, 3.8) is 0 Å². The van der Waals surface area contributed by atoms with E-state index in [9.17, 15) is 0 Å². The van der Waals surface area contributed by atoms with Gasteiger partial charge in [0, 0.05) is 24.8 Å². The molecule has 0 radical (unpaired) electrons. The Bertz CT molecular complexity index is 435. The molecule has 104 valence electrons. The SMILES string of the molecule is CCC(C1CCCCC1)N1Cc2cccc(N)c2C1. The summed E-state index contributed by atoms with van der Waals surface area (Å²) in [7, 11) is 0. The smallest absolute Gasteiger partial charge is 0.0363 e. The van der Waals surface area contributed by atoms with Gasteiger partial charge in [-0.05, 0) is 42.4 Å². The van der Waals surface area contributed by atoms with E-state index < -0.39 is 0 Å². The molecule has 1 heterocycles. The van der Waals surface area contributed by atoms with Gasteiger partial charge >= 0.3 is 0 Å². The molecule has 1 aliphatic carbocycles. The minimum Gasteiger partial charge on any atom is -0.398 e. The number of nitrogens with zero attached hydrogens (tertiary/aromatic N) is 1. The van der Waals surface area contributed by atoms with Crippen molar-refractivity contribution in [1.82, 2.24) is 4.90 Å². The van der Waals surface area contributed by atoms with Crippen molar-refractivity contribution in [3.8, 4) is 0 Å². The van der Waals surface area contributed by atoms with Crippen LogP contribution in [0.15, 0.2) is 18.2 Å². The molecule has 2 nitrogen and oxygen atoms in total. The van der Waals surface area contributed by atoms with Gasteiger partial charge in [-0.3, -0.25) is 4.90 Å². The Morgan fingerprint density at radius 3 is 2.68 bits per heavy atom. The first-order valence-electron chi connectivity index (χ1n) is 7.90. The van der Waals surface area contributed by atoms with E-state index in [1.807, 2.05) is 6.07 Å². The summed E-state index contributed by atoms with van der Waals surface area (Å²) >= 11 is 0. The summed E-state index contributed by atoms with van der Waals surface area (Å²) in [5.74, 6) is 0.911. The van der Waals surface area contributed by atoms with Gasteiger partial charge in [0.25, 0.3) is 0 Å². The minimum atomic E-state index is 0.757. The van der Waals surface area contributed by atoms with Crippen molar-refractivity contribution >= 4 is 5.69 Å². The molecule has 1 unspecified atom stereocenters. The van der Waals surface area contributed by atoms with Crippen LogP contribution in [-0.4, -0.2) is 10.9 Å². The Hall–Kier alpha value is -1.02. The summed E-state index contributed by atoms with van der Waals surface area (Å²) in [6, 6.07) is 7.15. The van der Waals surface area contributed by atoms with E-state index in [0.717, 1.165) is 30.7 Å². The lowest BCUT2D eigenvalue weighted by molar-refractivity contribution is 0.111. The number of nitrogen functional groups attached to an aromatic ring is 1. The van der Waals surface area contributed by atoms with E-state index in [0.29, 0.717) is 0 Å². The van der Waals surface area contributed by atoms with Crippen molar-refractivity contribution in [1.29, 1.82) is 0 Å². The third-order valence-electron chi connectivity index (χ3n) is 5.13. The number of hydrogen-bond acceptors (Lipinski definition) is 2. The predicted molar refractivity (Wildman–Crippen MR) is 80.8 cm³/mol. The molecule has 2 N–H and O–H groups in total. The Labute approximate surface area is 117 Å². The van der Waals surface area contributed by atoms with Gasteiger partial charge in [-0.25, -0.2) is 0 Å². The number of anilines is 1. The van der Waals surface area contributed by atoms with Crippen LogP contribution in [0.2, 0.25) is 0 Å². The summed E-state index contributed by atoms with van der Waals surface area (Å²) in [5, 5.41) is 0. The van der Waals surface area contributed by atoms with Crippen LogP contribution < -0.4 is 5.73 Å². The van der Waals surface area contributed by atoms with Crippen molar-refractivity contribution in [2.24, 2.45) is 5.92 Å². The summed E-state index contributed by atoms with van der Waals surface area (Å²) in [6.07, 6.45) is 8.45. The van der Waals surface area contributed by atoms with Gasteiger partial charge in [-0.15, -0.1) is 0 Å². The number of benzene rings is 1. The summed E-state index contributed by atoms with van der Waals surface area (Å²) in [6.45, 7) is 4.53. The zero-order chi connectivity index (χ0) is 13.2. The highest BCUT2D eigenvalue weighted by Crippen LogP contribution is 2.36. The lowest BCUT2D eigenvalue weighted by Gasteiger charge is -2.36. The third kappa shape index (κ3) is 2.51. The molecule has 2 heteroatoms. The van der Waals surface area contributed by atoms with Crippen LogP contribution in [0.25, 0.3) is 0 Å². The normalized spacial score (nSPS) is 22.4. The molecule has 1 aromatic carbocycles. The standard InChI is InChI=1S/C17H26N2/c1-2-17(13-7-4-3-5-8-13)19-11-14-9-6-10-16(18)15(14)12-19/h6,9-10,13,17H,2-5,7-8,11-12,18H2,1H3. The first kappa shape index (κ1) is 13.0. The Kier molecular flexibility index (Phi) is 3.79. The lowest BCUT2D eigenvalue weighted by atomic mass is 9.82. The second-order valence-corrected chi connectivity index (χ2v) is 6.26. The number of hydrogen-bond donors (Lipinski definition) is 1. The maximum atomic E-state index is 6.13. The Morgan fingerprint density at radius 2 is 2.00 bits per heavy atom. The van der Waals surface area contributed by atoms with E-state index in [1.54, 1.807) is 0 Å². The summed E-state index contributed by atoms with van der Waals surface area (Å²) < 4.78 is 0. The van der Waals surface area contributed by atoms with Crippen LogP contribution in [0.5, 0.6) is 0 Å². The molecule has 0 aromatic heterocycles. The van der Waals surface area contributed by atoms with Crippen LogP contribution >= 0.6 is 0 Å². The van der Waals surface area contributed by atoms with Crippen LogP contribution in [-0.2, 0) is 13.1 Å². The molecule has 0 amide bonds. The highest BCUT2D eigenvalue weighted by molar-refractivity contribution is 5.52. The molecular weight excluding hydrogens is 232 g/mol. The average molecular weight is 258 g/mol. The maximum absolute atomic E-state index is 6.13. The maximum Gasteiger partial charge on any atom is 0.0363 e. The number of rotatable bonds is 3. The molecule has 1 fully saturated rings. The molecular formula is C17H26N2. The van der Waals surface area contributed by atoms with E-state index in [2.05, 4.69) is 24.0 Å². The fourth-order valence-corrected chi connectivity index (χ4v) is 4.12. The topological polar surface area (TPSA) is 29.3 Å². The fraction of sp³-hybridized carbons (Fsp3) is 0.647. The van der Waals surface area contributed by atoms with E-state index in [4.69, 9.17) is 5.73 Å². The van der Waals surface area contributed by atoms with E-state index in [1.165, 1.54) is 49.7 Å². The van der Waals surface area contributed by atoms with Gasteiger partial charge in [0.05, 0.1) is 0 Å². The van der Waals surface area contributed by atoms with Crippen molar-refractivity contribution in [3.05, 3.63) is 29.3 Å². The quantitative estimate of drug-likeness (QED) is 0.832. The zero-order valence-electron chi connectivity index (χ0n) is 12.1. The molecule has 0 bridgehead atoms. The first-order chi connectivity index (χ1) is 9.29. The van der Waals surface area contributed by atoms with Crippen LogP contribution in [0.3, 0.4) is 0 Å². The number of nitrogens with two attached hydrogens (primary N) is 1. The van der Waals surface area contributed by atoms with Gasteiger partial charge in [0.2, 0.25) is 0 Å². The van der Waals surface area contributed by atoms with Gasteiger partial charge in [-0.2, -0.15) is 0 Å². The van der Waals surface area contributed by atoms with Crippen molar-refractivity contribution in [2.45, 2.75) is 64.6 Å². The van der Waals surface area contributed by atoms with Gasteiger partial charge < -0.3 is 5.73 Å². The molecule has 0 spiro atoms. The van der Waals surface area contributed by atoms with Gasteiger partial charge in [-0.1, -0.05) is 38.3 Å². The fourth-order valence-electron chi connectivity index (χ4n) is 4.12. The second-order valence-electron chi connectivity index (χ2n) is 6.26. The Morgan fingerprint density at radius 1 is 1.21 bits per heavy atom. The molecule has 1 aliphatic heterocycles. The highest BCUT2D eigenvalue weighted by Gasteiger charge is 2.31. The van der Waals surface area contributed by atoms with E-state index >= 15 is 0 Å². The molecule has 1 aromatic rings. The van der Waals surface area contributed by atoms with Crippen molar-refractivity contribution < 1.29 is 0 Å². The van der Waals surface area contributed by atoms with Gasteiger partial charge in [0.15, 0.2) is 0 Å². The Balaban J connectivity index is 1.74. The van der Waals surface area contributed by atoms with E-state index in [-0.39, 0.29) is 0 Å². The van der Waals surface area contributed by atoms with Gasteiger partial charge in [0.1, 0.15) is 0 Å². The third-order valence-corrected chi connectivity index (χ3v) is 5.13. The second kappa shape index (κ2) is 5.54. The molecule has 1 atom stereocenters. The molecule has 19 heavy (non-hydrogen) atoms. The van der Waals surface area contributed by atoms with Crippen LogP contribution in [0, 0.1) is 5.92 Å². The number of fused-ring (bicyclic) bond motifs is 1. The van der Waals surface area contributed by atoms with Crippen LogP contribution in [0.1, 0.15) is 56.6 Å². The zero-order valence-corrected chi connectivity index (χ0v) is 12.1. The molecule has 0 saturated heterocycles. The average Bonchev–Trinajstić information content (AvgIpc) is 2.86. The van der Waals surface area contributed by atoms with Crippen molar-refractivity contribution in [2.75, 3.05) is 5.73 Å². The molecule has 1 saturated carbocycles. The molecule has 3 rings (SSSR count). The first-order valence-corrected chi connectivity index (χ1v) is 7.90. The lowest BCUT2D eigenvalue weighted by Crippen LogP contribution is -2.37.